The molecular formula is C25H25N3O5S. The van der Waals surface area contributed by atoms with E-state index in [4.69, 9.17) is 4.74 Å². The minimum Gasteiger partial charge on any atom is -0.451 e. The predicted octanol–water partition coefficient (Wildman–Crippen LogP) is 2.63. The molecule has 2 aliphatic rings. The topological polar surface area (TPSA) is 87.2 Å². The first-order valence-corrected chi connectivity index (χ1v) is 12.6. The summed E-state index contributed by atoms with van der Waals surface area (Å²) in [5, 5.41) is 1.38. The normalized spacial score (nSPS) is 17.6. The Bertz CT molecular complexity index is 1350. The van der Waals surface area contributed by atoms with Crippen molar-refractivity contribution in [3.8, 4) is 0 Å². The van der Waals surface area contributed by atoms with Gasteiger partial charge in [-0.1, -0.05) is 42.5 Å². The molecule has 3 aromatic carbocycles. The van der Waals surface area contributed by atoms with Gasteiger partial charge in [0.2, 0.25) is 0 Å². The quantitative estimate of drug-likeness (QED) is 0.523. The van der Waals surface area contributed by atoms with E-state index in [1.807, 2.05) is 42.5 Å². The molecule has 2 heterocycles. The van der Waals surface area contributed by atoms with E-state index in [0.717, 1.165) is 15.4 Å². The molecule has 0 aliphatic carbocycles. The first kappa shape index (κ1) is 22.2. The number of anilines is 2. The number of piperazine rings is 1. The van der Waals surface area contributed by atoms with Gasteiger partial charge in [0.05, 0.1) is 10.6 Å². The summed E-state index contributed by atoms with van der Waals surface area (Å²) in [5.74, 6) is -1.05. The molecule has 2 aliphatic heterocycles. The maximum absolute atomic E-state index is 13.1. The lowest BCUT2D eigenvalue weighted by Gasteiger charge is -2.37. The molecule has 34 heavy (non-hydrogen) atoms. The lowest BCUT2D eigenvalue weighted by molar-refractivity contribution is -0.158. The van der Waals surface area contributed by atoms with E-state index in [9.17, 15) is 18.0 Å². The highest BCUT2D eigenvalue weighted by atomic mass is 32.2. The van der Waals surface area contributed by atoms with Crippen LogP contribution < -0.4 is 9.21 Å². The van der Waals surface area contributed by atoms with Gasteiger partial charge in [-0.3, -0.25) is 13.9 Å². The summed E-state index contributed by atoms with van der Waals surface area (Å²) in [5.41, 5.74) is 1.55. The number of nitrogens with zero attached hydrogens (tertiary/aromatic N) is 3. The Morgan fingerprint density at radius 1 is 0.912 bits per heavy atom. The van der Waals surface area contributed by atoms with Crippen molar-refractivity contribution in [2.45, 2.75) is 17.9 Å². The number of carbonyl (C=O) groups excluding carboxylic acids is 2. The lowest BCUT2D eigenvalue weighted by Crippen LogP contribution is -2.52. The number of esters is 1. The zero-order chi connectivity index (χ0) is 23.9. The third-order valence-corrected chi connectivity index (χ3v) is 8.12. The van der Waals surface area contributed by atoms with Crippen molar-refractivity contribution in [3.63, 3.8) is 0 Å². The first-order chi connectivity index (χ1) is 16.4. The lowest BCUT2D eigenvalue weighted by atomic mass is 10.1. The highest BCUT2D eigenvalue weighted by molar-refractivity contribution is 7.93. The summed E-state index contributed by atoms with van der Waals surface area (Å²) in [7, 11) is -3.87. The molecule has 0 aromatic heterocycles. The van der Waals surface area contributed by atoms with E-state index < -0.39 is 28.6 Å². The van der Waals surface area contributed by atoms with E-state index >= 15 is 0 Å². The summed E-state index contributed by atoms with van der Waals surface area (Å²) < 4.78 is 32.5. The van der Waals surface area contributed by atoms with Crippen LogP contribution in [0.4, 0.5) is 11.4 Å². The zero-order valence-corrected chi connectivity index (χ0v) is 19.6. The van der Waals surface area contributed by atoms with Crippen LogP contribution in [-0.2, 0) is 24.3 Å². The molecule has 8 nitrogen and oxygen atoms in total. The molecule has 1 saturated heterocycles. The molecule has 3 aromatic rings. The van der Waals surface area contributed by atoms with E-state index in [0.29, 0.717) is 37.3 Å². The monoisotopic (exact) mass is 479 g/mol. The van der Waals surface area contributed by atoms with Gasteiger partial charge in [-0.2, -0.15) is 0 Å². The van der Waals surface area contributed by atoms with E-state index in [-0.39, 0.29) is 10.8 Å². The number of ether oxygens (including phenoxy) is 1. The largest absolute Gasteiger partial charge is 0.451 e. The Hall–Kier alpha value is -3.59. The first-order valence-electron chi connectivity index (χ1n) is 11.2. The van der Waals surface area contributed by atoms with Crippen molar-refractivity contribution in [2.24, 2.45) is 0 Å². The second-order valence-corrected chi connectivity index (χ2v) is 10.3. The van der Waals surface area contributed by atoms with Gasteiger partial charge in [-0.15, -0.1) is 0 Å². The van der Waals surface area contributed by atoms with Crippen LogP contribution >= 0.6 is 0 Å². The number of para-hydroxylation sites is 1. The highest BCUT2D eigenvalue weighted by Gasteiger charge is 2.37. The third kappa shape index (κ3) is 3.86. The fourth-order valence-electron chi connectivity index (χ4n) is 4.61. The van der Waals surface area contributed by atoms with Crippen LogP contribution in [0.3, 0.4) is 0 Å². The third-order valence-electron chi connectivity index (χ3n) is 6.32. The van der Waals surface area contributed by atoms with Crippen molar-refractivity contribution >= 4 is 44.0 Å². The summed E-state index contributed by atoms with van der Waals surface area (Å²) in [6, 6.07) is 20.3. The number of benzene rings is 3. The molecule has 1 amide bonds. The molecule has 0 N–H and O–H groups in total. The molecule has 0 radical (unpaired) electrons. The van der Waals surface area contributed by atoms with Gasteiger partial charge in [0.25, 0.3) is 15.9 Å². The Balaban J connectivity index is 1.22. The minimum absolute atomic E-state index is 0.175. The smallest absolute Gasteiger partial charge is 0.327 e. The van der Waals surface area contributed by atoms with Gasteiger partial charge >= 0.3 is 5.97 Å². The molecule has 176 valence electrons. The fraction of sp³-hybridized carbons (Fsp3) is 0.280. The number of sulfonamides is 1. The SMILES string of the molecule is CC(OC(=O)CN1c2cccc3cccc(c23)S1(=O)=O)C(=O)N1CCN(c2ccccc2)CC1. The van der Waals surface area contributed by atoms with E-state index in [2.05, 4.69) is 4.90 Å². The number of hydrogen-bond donors (Lipinski definition) is 0. The molecule has 0 spiro atoms. The second-order valence-electron chi connectivity index (χ2n) is 8.42. The highest BCUT2D eigenvalue weighted by Crippen LogP contribution is 2.41. The van der Waals surface area contributed by atoms with Gasteiger partial charge < -0.3 is 14.5 Å². The molecule has 0 bridgehead atoms. The molecule has 0 saturated carbocycles. The van der Waals surface area contributed by atoms with Crippen LogP contribution in [0.15, 0.2) is 71.6 Å². The van der Waals surface area contributed by atoms with Crippen LogP contribution in [-0.4, -0.2) is 64.0 Å². The van der Waals surface area contributed by atoms with Gasteiger partial charge in [-0.05, 0) is 36.6 Å². The van der Waals surface area contributed by atoms with Crippen LogP contribution in [0.2, 0.25) is 0 Å². The van der Waals surface area contributed by atoms with E-state index in [1.165, 1.54) is 13.0 Å². The molecule has 1 unspecified atom stereocenters. The summed E-state index contributed by atoms with van der Waals surface area (Å²) in [6.45, 7) is 3.45. The zero-order valence-electron chi connectivity index (χ0n) is 18.8. The summed E-state index contributed by atoms with van der Waals surface area (Å²) >= 11 is 0. The van der Waals surface area contributed by atoms with Gasteiger partial charge in [0, 0.05) is 37.3 Å². The summed E-state index contributed by atoms with van der Waals surface area (Å²) in [4.78, 5) is 29.6. The van der Waals surface area contributed by atoms with Gasteiger partial charge in [0.15, 0.2) is 6.10 Å². The fourth-order valence-corrected chi connectivity index (χ4v) is 6.27. The molecule has 9 heteroatoms. The average Bonchev–Trinajstić information content (AvgIpc) is 3.07. The Kier molecular flexibility index (Phi) is 5.65. The molecular weight excluding hydrogens is 454 g/mol. The van der Waals surface area contributed by atoms with Crippen LogP contribution in [0.25, 0.3) is 10.8 Å². The predicted molar refractivity (Wildman–Crippen MR) is 129 cm³/mol. The Morgan fingerprint density at radius 3 is 2.29 bits per heavy atom. The maximum atomic E-state index is 13.1. The molecule has 5 rings (SSSR count). The maximum Gasteiger partial charge on any atom is 0.327 e. The van der Waals surface area contributed by atoms with Crippen molar-refractivity contribution in [1.82, 2.24) is 4.90 Å². The Morgan fingerprint density at radius 2 is 1.59 bits per heavy atom. The van der Waals surface area contributed by atoms with Crippen molar-refractivity contribution in [2.75, 3.05) is 41.9 Å². The minimum atomic E-state index is -3.87. The number of carbonyl (C=O) groups is 2. The van der Waals surface area contributed by atoms with Gasteiger partial charge in [0.1, 0.15) is 6.54 Å². The van der Waals surface area contributed by atoms with Crippen molar-refractivity contribution < 1.29 is 22.7 Å². The van der Waals surface area contributed by atoms with Crippen LogP contribution in [0.5, 0.6) is 0 Å². The second kappa shape index (κ2) is 8.64. The van der Waals surface area contributed by atoms with Crippen molar-refractivity contribution in [1.29, 1.82) is 0 Å². The number of hydrogen-bond acceptors (Lipinski definition) is 6. The Labute approximate surface area is 198 Å². The molecule has 1 atom stereocenters. The van der Waals surface area contributed by atoms with E-state index in [1.54, 1.807) is 23.1 Å². The van der Waals surface area contributed by atoms with Crippen LogP contribution in [0.1, 0.15) is 6.92 Å². The number of amides is 1. The number of rotatable bonds is 5. The standard InChI is InChI=1S/C25H25N3O5S/c1-18(25(30)27-15-13-26(14-16-27)20-9-3-2-4-10-20)33-23(29)17-28-21-11-5-7-19-8-6-12-22(24(19)21)34(28,31)32/h2-12,18H,13-17H2,1H3. The van der Waals surface area contributed by atoms with Crippen molar-refractivity contribution in [3.05, 3.63) is 66.7 Å². The van der Waals surface area contributed by atoms with Gasteiger partial charge in [-0.25, -0.2) is 8.42 Å². The molecule has 1 fully saturated rings. The summed E-state index contributed by atoms with van der Waals surface area (Å²) in [6.07, 6.45) is -1.00. The van der Waals surface area contributed by atoms with Crippen LogP contribution in [0, 0.1) is 0 Å². The average molecular weight is 480 g/mol.